The molecular weight excluding hydrogens is 491 g/mol. The molecule has 0 unspecified atom stereocenters. The molecule has 0 spiro atoms. The fraction of sp³-hybridized carbons (Fsp3) is 0.562. The van der Waals surface area contributed by atoms with Crippen LogP contribution in [0, 0.1) is 0 Å². The number of sulfonamides is 1. The van der Waals surface area contributed by atoms with E-state index in [1.165, 1.54) is 4.31 Å². The topological polar surface area (TPSA) is 83.0 Å². The van der Waals surface area contributed by atoms with Gasteiger partial charge in [0.05, 0.1) is 12.9 Å². The van der Waals surface area contributed by atoms with Crippen LogP contribution in [0.15, 0.2) is 23.2 Å². The van der Waals surface area contributed by atoms with E-state index in [-0.39, 0.29) is 29.7 Å². The average molecular weight is 517 g/mol. The number of benzene rings is 1. The maximum atomic E-state index is 11.7. The highest BCUT2D eigenvalue weighted by Gasteiger charge is 2.27. The van der Waals surface area contributed by atoms with Crippen molar-refractivity contribution in [2.45, 2.75) is 12.8 Å². The van der Waals surface area contributed by atoms with E-state index in [1.54, 1.807) is 20.2 Å². The van der Waals surface area contributed by atoms with Gasteiger partial charge >= 0.3 is 0 Å². The highest BCUT2D eigenvalue weighted by atomic mass is 127. The highest BCUT2D eigenvalue weighted by molar-refractivity contribution is 14.0. The molecule has 26 heavy (non-hydrogen) atoms. The fourth-order valence-electron chi connectivity index (χ4n) is 2.64. The van der Waals surface area contributed by atoms with Crippen molar-refractivity contribution in [1.82, 2.24) is 14.9 Å². The van der Waals surface area contributed by atoms with Crippen LogP contribution in [0.2, 0.25) is 5.02 Å². The van der Waals surface area contributed by atoms with Crippen molar-refractivity contribution in [2.24, 2.45) is 4.99 Å². The number of ether oxygens (including phenoxy) is 1. The number of halogens is 2. The first-order chi connectivity index (χ1) is 12.0. The molecule has 148 valence electrons. The van der Waals surface area contributed by atoms with Gasteiger partial charge in [0.1, 0.15) is 5.75 Å². The summed E-state index contributed by atoms with van der Waals surface area (Å²) in [4.78, 5) is 4.14. The summed E-state index contributed by atoms with van der Waals surface area (Å²) in [6.45, 7) is 2.23. The van der Waals surface area contributed by atoms with Gasteiger partial charge < -0.3 is 15.4 Å². The number of methoxy groups -OCH3 is 1. The van der Waals surface area contributed by atoms with Crippen LogP contribution < -0.4 is 15.4 Å². The van der Waals surface area contributed by atoms with Crippen LogP contribution in [0.1, 0.15) is 12.0 Å². The minimum absolute atomic E-state index is 0. The molecule has 1 aliphatic rings. The predicted octanol–water partition coefficient (Wildman–Crippen LogP) is 1.71. The second-order valence-corrected chi connectivity index (χ2v) is 8.20. The van der Waals surface area contributed by atoms with Crippen LogP contribution in [0.25, 0.3) is 0 Å². The third kappa shape index (κ3) is 6.75. The van der Waals surface area contributed by atoms with Crippen LogP contribution in [0.4, 0.5) is 0 Å². The van der Waals surface area contributed by atoms with Crippen molar-refractivity contribution in [3.05, 3.63) is 28.8 Å². The number of hydrogen-bond acceptors (Lipinski definition) is 4. The Labute approximate surface area is 177 Å². The Morgan fingerprint density at radius 2 is 2.08 bits per heavy atom. The monoisotopic (exact) mass is 516 g/mol. The summed E-state index contributed by atoms with van der Waals surface area (Å²) in [6, 6.07) is 5.61. The van der Waals surface area contributed by atoms with Crippen LogP contribution in [-0.4, -0.2) is 64.8 Å². The van der Waals surface area contributed by atoms with E-state index in [0.717, 1.165) is 17.7 Å². The molecule has 1 heterocycles. The average Bonchev–Trinajstić information content (AvgIpc) is 2.93. The predicted molar refractivity (Wildman–Crippen MR) is 116 cm³/mol. The number of rotatable bonds is 7. The molecule has 0 bridgehead atoms. The number of guanidine groups is 1. The summed E-state index contributed by atoms with van der Waals surface area (Å²) in [6.07, 6.45) is 1.45. The zero-order valence-electron chi connectivity index (χ0n) is 15.0. The van der Waals surface area contributed by atoms with Gasteiger partial charge in [-0.3, -0.25) is 4.99 Å². The summed E-state index contributed by atoms with van der Waals surface area (Å²) >= 11 is 6.22. The molecule has 0 atom stereocenters. The molecule has 2 rings (SSSR count). The van der Waals surface area contributed by atoms with Crippen molar-refractivity contribution < 1.29 is 13.2 Å². The maximum absolute atomic E-state index is 11.7. The minimum atomic E-state index is -3.05. The third-order valence-corrected chi connectivity index (χ3v) is 6.34. The van der Waals surface area contributed by atoms with Crippen molar-refractivity contribution >= 4 is 51.6 Å². The first-order valence-corrected chi connectivity index (χ1v) is 10.2. The normalized spacial score (nSPS) is 16.8. The summed E-state index contributed by atoms with van der Waals surface area (Å²) < 4.78 is 30.1. The molecule has 0 radical (unpaired) electrons. The molecule has 0 aliphatic carbocycles. The van der Waals surface area contributed by atoms with Crippen molar-refractivity contribution in [3.63, 3.8) is 0 Å². The molecule has 1 saturated heterocycles. The molecule has 1 aromatic carbocycles. The molecule has 10 heteroatoms. The molecule has 7 nitrogen and oxygen atoms in total. The molecule has 0 aromatic heterocycles. The van der Waals surface area contributed by atoms with Gasteiger partial charge in [0.15, 0.2) is 5.96 Å². The van der Waals surface area contributed by atoms with Gasteiger partial charge in [-0.25, -0.2) is 12.7 Å². The van der Waals surface area contributed by atoms with E-state index in [9.17, 15) is 8.42 Å². The molecule has 1 aliphatic heterocycles. The van der Waals surface area contributed by atoms with Gasteiger partial charge in [0.25, 0.3) is 0 Å². The Morgan fingerprint density at radius 1 is 1.35 bits per heavy atom. The van der Waals surface area contributed by atoms with Gasteiger partial charge in [0, 0.05) is 38.2 Å². The number of hydrogen-bond donors (Lipinski definition) is 2. The quantitative estimate of drug-likeness (QED) is 0.328. The zero-order valence-corrected chi connectivity index (χ0v) is 18.9. The Morgan fingerprint density at radius 3 is 2.65 bits per heavy atom. The van der Waals surface area contributed by atoms with Crippen LogP contribution in [0.5, 0.6) is 5.75 Å². The van der Waals surface area contributed by atoms with Gasteiger partial charge in [-0.15, -0.1) is 24.0 Å². The largest absolute Gasteiger partial charge is 0.497 e. The molecule has 2 N–H and O–H groups in total. The second kappa shape index (κ2) is 11.2. The number of nitrogens with zero attached hydrogens (tertiary/aromatic N) is 2. The smallest absolute Gasteiger partial charge is 0.214 e. The Balaban J connectivity index is 0.00000338. The molecular formula is C16H26ClIN4O3S. The SMILES string of the molecule is CN=C(NCCc1ccc(OC)cc1Cl)NCCN1CCCS1(=O)=O.I. The summed E-state index contributed by atoms with van der Waals surface area (Å²) in [7, 11) is 0.243. The van der Waals surface area contributed by atoms with Gasteiger partial charge in [-0.05, 0) is 30.5 Å². The lowest BCUT2D eigenvalue weighted by molar-refractivity contribution is 0.414. The zero-order chi connectivity index (χ0) is 18.3. The first-order valence-electron chi connectivity index (χ1n) is 8.21. The molecule has 0 saturated carbocycles. The van der Waals surface area contributed by atoms with Crippen molar-refractivity contribution in [2.75, 3.05) is 46.1 Å². The third-order valence-electron chi connectivity index (χ3n) is 4.03. The minimum Gasteiger partial charge on any atom is -0.497 e. The van der Waals surface area contributed by atoms with Crippen LogP contribution >= 0.6 is 35.6 Å². The lowest BCUT2D eigenvalue weighted by atomic mass is 10.1. The van der Waals surface area contributed by atoms with Gasteiger partial charge in [-0.2, -0.15) is 0 Å². The Hall–Kier alpha value is -0.780. The maximum Gasteiger partial charge on any atom is 0.214 e. The fourth-order valence-corrected chi connectivity index (χ4v) is 4.43. The molecule has 1 fully saturated rings. The number of nitrogens with one attached hydrogen (secondary N) is 2. The lowest BCUT2D eigenvalue weighted by Gasteiger charge is -2.16. The van der Waals surface area contributed by atoms with E-state index in [0.29, 0.717) is 43.6 Å². The number of aliphatic imine (C=N–C) groups is 1. The highest BCUT2D eigenvalue weighted by Crippen LogP contribution is 2.22. The van der Waals surface area contributed by atoms with Gasteiger partial charge in [-0.1, -0.05) is 17.7 Å². The Kier molecular flexibility index (Phi) is 9.98. The summed E-state index contributed by atoms with van der Waals surface area (Å²) in [5, 5.41) is 7.00. The van der Waals surface area contributed by atoms with E-state index >= 15 is 0 Å². The van der Waals surface area contributed by atoms with E-state index in [4.69, 9.17) is 16.3 Å². The second-order valence-electron chi connectivity index (χ2n) is 5.70. The van der Waals surface area contributed by atoms with Gasteiger partial charge in [0.2, 0.25) is 10.0 Å². The van der Waals surface area contributed by atoms with E-state index in [1.807, 2.05) is 12.1 Å². The van der Waals surface area contributed by atoms with Crippen molar-refractivity contribution in [3.8, 4) is 5.75 Å². The van der Waals surface area contributed by atoms with Crippen LogP contribution in [-0.2, 0) is 16.4 Å². The Bertz CT molecular complexity index is 715. The van der Waals surface area contributed by atoms with E-state index in [2.05, 4.69) is 15.6 Å². The van der Waals surface area contributed by atoms with E-state index < -0.39 is 10.0 Å². The standard InChI is InChI=1S/C16H25ClN4O3S.HI/c1-18-16(20-8-10-21-9-3-11-25(21,22)23)19-7-6-13-4-5-14(24-2)12-15(13)17;/h4-5,12H,3,6-11H2,1-2H3,(H2,18,19,20);1H. The molecule has 0 amide bonds. The van der Waals surface area contributed by atoms with Crippen molar-refractivity contribution in [1.29, 1.82) is 0 Å². The molecule has 1 aromatic rings. The van der Waals surface area contributed by atoms with Crippen LogP contribution in [0.3, 0.4) is 0 Å². The first kappa shape index (κ1) is 23.3. The summed E-state index contributed by atoms with van der Waals surface area (Å²) in [5.74, 6) is 1.63. The lowest BCUT2D eigenvalue weighted by Crippen LogP contribution is -2.42. The summed E-state index contributed by atoms with van der Waals surface area (Å²) in [5.41, 5.74) is 1.02.